The predicted molar refractivity (Wildman–Crippen MR) is 204 cm³/mol. The van der Waals surface area contributed by atoms with Gasteiger partial charge in [-0.05, 0) is 73.7 Å². The van der Waals surface area contributed by atoms with E-state index in [0.29, 0.717) is 12.4 Å². The second-order valence-corrected chi connectivity index (χ2v) is 12.8. The Bertz CT molecular complexity index is 2060. The monoisotopic (exact) mass is 753 g/mol. The van der Waals surface area contributed by atoms with Gasteiger partial charge in [0.2, 0.25) is 5.82 Å². The van der Waals surface area contributed by atoms with Crippen molar-refractivity contribution >= 4 is 28.4 Å². The molecule has 0 aliphatic heterocycles. The lowest BCUT2D eigenvalue weighted by atomic mass is 9.77. The first-order chi connectivity index (χ1) is 24.1. The fraction of sp³-hybridized carbons (Fsp3) is 0.146. The molecule has 242 valence electrons. The van der Waals surface area contributed by atoms with Crippen molar-refractivity contribution in [3.05, 3.63) is 177 Å². The largest absolute Gasteiger partial charge is 0.365 e. The highest BCUT2D eigenvalue weighted by atomic mass is 127. The lowest BCUT2D eigenvalue weighted by Gasteiger charge is -2.34. The van der Waals surface area contributed by atoms with Gasteiger partial charge in [0.15, 0.2) is 5.54 Å². The first-order valence-corrected chi connectivity index (χ1v) is 17.6. The second kappa shape index (κ2) is 14.5. The molecule has 7 aromatic rings. The summed E-state index contributed by atoms with van der Waals surface area (Å²) in [4.78, 5) is 11.3. The Balaban J connectivity index is 1.37. The second-order valence-electron chi connectivity index (χ2n) is 11.8. The minimum absolute atomic E-state index is 0.547. The number of rotatable bonds is 11. The Labute approximate surface area is 300 Å². The van der Waals surface area contributed by atoms with Crippen LogP contribution in [0.15, 0.2) is 140 Å². The zero-order valence-corrected chi connectivity index (χ0v) is 29.6. The molecule has 0 unspecified atom stereocenters. The van der Waals surface area contributed by atoms with Crippen molar-refractivity contribution in [2.24, 2.45) is 0 Å². The van der Waals surface area contributed by atoms with E-state index in [1.807, 2.05) is 24.3 Å². The van der Waals surface area contributed by atoms with Gasteiger partial charge in [-0.25, -0.2) is 9.97 Å². The van der Waals surface area contributed by atoms with Gasteiger partial charge in [0.05, 0.1) is 9.26 Å². The van der Waals surface area contributed by atoms with Crippen LogP contribution in [0, 0.1) is 3.57 Å². The van der Waals surface area contributed by atoms with Crippen LogP contribution >= 0.6 is 22.6 Å². The van der Waals surface area contributed by atoms with Crippen molar-refractivity contribution < 1.29 is 0 Å². The van der Waals surface area contributed by atoms with E-state index in [1.165, 1.54) is 0 Å². The summed E-state index contributed by atoms with van der Waals surface area (Å²) < 4.78 is 1.06. The minimum atomic E-state index is -0.862. The van der Waals surface area contributed by atoms with E-state index in [4.69, 9.17) is 25.4 Å². The third-order valence-electron chi connectivity index (χ3n) is 8.78. The van der Waals surface area contributed by atoms with Gasteiger partial charge in [-0.15, -0.1) is 15.0 Å². The summed E-state index contributed by atoms with van der Waals surface area (Å²) in [6, 6.07) is 48.1. The van der Waals surface area contributed by atoms with Gasteiger partial charge >= 0.3 is 0 Å². The molecule has 7 nitrogen and oxygen atoms in total. The van der Waals surface area contributed by atoms with E-state index < -0.39 is 5.54 Å². The van der Waals surface area contributed by atoms with Crippen LogP contribution < -0.4 is 5.32 Å². The van der Waals surface area contributed by atoms with E-state index in [2.05, 4.69) is 157 Å². The number of aromatic nitrogens is 6. The smallest absolute Gasteiger partial charge is 0.205 e. The summed E-state index contributed by atoms with van der Waals surface area (Å²) in [5, 5.41) is 18.4. The molecule has 0 amide bonds. The minimum Gasteiger partial charge on any atom is -0.365 e. The van der Waals surface area contributed by atoms with Crippen LogP contribution in [0.1, 0.15) is 47.6 Å². The average Bonchev–Trinajstić information content (AvgIpc) is 3.67. The van der Waals surface area contributed by atoms with Gasteiger partial charge in [-0.3, -0.25) is 0 Å². The van der Waals surface area contributed by atoms with E-state index >= 15 is 0 Å². The molecule has 0 radical (unpaired) electrons. The number of tetrazole rings is 1. The molecule has 0 atom stereocenters. The molecular formula is C41H36IN7. The molecule has 49 heavy (non-hydrogen) atoms. The summed E-state index contributed by atoms with van der Waals surface area (Å²) in [5.41, 5.74) is 7.41. The number of nitrogens with zero attached hydrogens (tertiary/aromatic N) is 6. The molecule has 0 fully saturated rings. The Kier molecular flexibility index (Phi) is 9.56. The fourth-order valence-electron chi connectivity index (χ4n) is 6.34. The maximum absolute atomic E-state index is 5.24. The summed E-state index contributed by atoms with van der Waals surface area (Å²) in [7, 11) is 0. The quantitative estimate of drug-likeness (QED) is 0.105. The zero-order valence-electron chi connectivity index (χ0n) is 27.5. The lowest BCUT2D eigenvalue weighted by molar-refractivity contribution is 0.396. The van der Waals surface area contributed by atoms with Crippen LogP contribution in [0.4, 0.5) is 5.82 Å². The van der Waals surface area contributed by atoms with E-state index in [1.54, 1.807) is 4.80 Å². The van der Waals surface area contributed by atoms with Crippen LogP contribution in [0.3, 0.4) is 0 Å². The van der Waals surface area contributed by atoms with Crippen molar-refractivity contribution in [3.8, 4) is 22.5 Å². The molecule has 5 aromatic carbocycles. The maximum atomic E-state index is 5.24. The number of benzene rings is 5. The third kappa shape index (κ3) is 6.36. The van der Waals surface area contributed by atoms with Crippen molar-refractivity contribution in [3.63, 3.8) is 0 Å². The summed E-state index contributed by atoms with van der Waals surface area (Å²) in [6.07, 6.45) is 1.64. The molecule has 0 saturated carbocycles. The standard InChI is InChI=1S/C41H36IN7/c1-3-36-38(42)40(45-37(4-2)44-36)43-28-29-25-26-34(30-17-9-5-10-18-30)35(27-29)39-46-48-49(47-39)41(31-19-11-6-12-20-31,32-21-13-7-14-22-32)33-23-15-8-16-24-33/h5-27H,3-4,28H2,1-2H3,(H,43,44,45). The van der Waals surface area contributed by atoms with Crippen LogP contribution in [-0.2, 0) is 24.9 Å². The summed E-state index contributed by atoms with van der Waals surface area (Å²) >= 11 is 2.35. The lowest BCUT2D eigenvalue weighted by Crippen LogP contribution is -2.39. The van der Waals surface area contributed by atoms with Crippen LogP contribution in [0.5, 0.6) is 0 Å². The molecule has 0 aliphatic carbocycles. The zero-order chi connectivity index (χ0) is 33.6. The molecule has 1 N–H and O–H groups in total. The van der Waals surface area contributed by atoms with Crippen LogP contribution in [0.25, 0.3) is 22.5 Å². The number of hydrogen-bond donors (Lipinski definition) is 1. The highest BCUT2D eigenvalue weighted by Gasteiger charge is 2.41. The van der Waals surface area contributed by atoms with E-state index in [0.717, 1.165) is 72.7 Å². The summed E-state index contributed by atoms with van der Waals surface area (Å²) in [5.74, 6) is 2.26. The van der Waals surface area contributed by atoms with Gasteiger partial charge in [0.25, 0.3) is 0 Å². The van der Waals surface area contributed by atoms with Crippen molar-refractivity contribution in [1.29, 1.82) is 0 Å². The molecule has 0 aliphatic rings. The van der Waals surface area contributed by atoms with Crippen molar-refractivity contribution in [2.45, 2.75) is 38.8 Å². The number of hydrogen-bond acceptors (Lipinski definition) is 6. The SMILES string of the molecule is CCc1nc(CC)c(I)c(NCc2ccc(-c3ccccc3)c(-c3nnn(C(c4ccccc4)(c4ccccc4)c4ccccc4)n3)c2)n1. The van der Waals surface area contributed by atoms with E-state index in [-0.39, 0.29) is 0 Å². The average molecular weight is 754 g/mol. The molecule has 2 aromatic heterocycles. The first-order valence-electron chi connectivity index (χ1n) is 16.6. The van der Waals surface area contributed by atoms with Crippen LogP contribution in [-0.4, -0.2) is 30.2 Å². The Morgan fingerprint density at radius 3 is 1.78 bits per heavy atom. The molecule has 0 spiro atoms. The van der Waals surface area contributed by atoms with Crippen LogP contribution in [0.2, 0.25) is 0 Å². The molecule has 8 heteroatoms. The molecular weight excluding hydrogens is 717 g/mol. The Hall–Kier alpha value is -5.22. The van der Waals surface area contributed by atoms with Gasteiger partial charge in [0.1, 0.15) is 11.6 Å². The number of nitrogens with one attached hydrogen (secondary N) is 1. The highest BCUT2D eigenvalue weighted by molar-refractivity contribution is 14.1. The Morgan fingerprint density at radius 1 is 0.653 bits per heavy atom. The Morgan fingerprint density at radius 2 is 1.22 bits per heavy atom. The molecule has 7 rings (SSSR count). The predicted octanol–water partition coefficient (Wildman–Crippen LogP) is 8.98. The van der Waals surface area contributed by atoms with Gasteiger partial charge in [-0.1, -0.05) is 147 Å². The maximum Gasteiger partial charge on any atom is 0.205 e. The number of anilines is 1. The van der Waals surface area contributed by atoms with Gasteiger partial charge in [-0.2, -0.15) is 0 Å². The molecule has 2 heterocycles. The highest BCUT2D eigenvalue weighted by Crippen LogP contribution is 2.40. The van der Waals surface area contributed by atoms with Gasteiger partial charge < -0.3 is 5.32 Å². The van der Waals surface area contributed by atoms with Crippen molar-refractivity contribution in [1.82, 2.24) is 30.2 Å². The number of aryl methyl sites for hydroxylation is 2. The van der Waals surface area contributed by atoms with Crippen molar-refractivity contribution in [2.75, 3.05) is 5.32 Å². The summed E-state index contributed by atoms with van der Waals surface area (Å²) in [6.45, 7) is 4.80. The third-order valence-corrected chi connectivity index (χ3v) is 9.91. The molecule has 0 bridgehead atoms. The topological polar surface area (TPSA) is 81.4 Å². The molecule has 0 saturated heterocycles. The van der Waals surface area contributed by atoms with E-state index in [9.17, 15) is 0 Å². The normalized spacial score (nSPS) is 11.4. The number of halogens is 1. The van der Waals surface area contributed by atoms with Gasteiger partial charge in [0, 0.05) is 18.5 Å². The first kappa shape index (κ1) is 32.3. The fourth-order valence-corrected chi connectivity index (χ4v) is 7.16.